The molecule has 0 aliphatic heterocycles. The van der Waals surface area contributed by atoms with Crippen LogP contribution < -0.4 is 15.4 Å². The molecule has 2 amide bonds. The summed E-state index contributed by atoms with van der Waals surface area (Å²) in [7, 11) is 1.63. The molecule has 0 radical (unpaired) electrons. The zero-order valence-corrected chi connectivity index (χ0v) is 11.5. The largest absolute Gasteiger partial charge is 0.497 e. The molecule has 0 bridgehead atoms. The average molecular weight is 266 g/mol. The Morgan fingerprint density at radius 3 is 2.89 bits per heavy atom. The van der Waals surface area contributed by atoms with Crippen LogP contribution in [0.5, 0.6) is 5.75 Å². The Kier molecular flexibility index (Phi) is 6.74. The van der Waals surface area contributed by atoms with Crippen LogP contribution in [0.25, 0.3) is 0 Å². The molecule has 1 unspecified atom stereocenters. The van der Waals surface area contributed by atoms with Gasteiger partial charge in [0.1, 0.15) is 5.75 Å². The van der Waals surface area contributed by atoms with Gasteiger partial charge in [0.2, 0.25) is 0 Å². The number of urea groups is 1. The van der Waals surface area contributed by atoms with Crippen LogP contribution >= 0.6 is 0 Å². The molecule has 1 rings (SSSR count). The lowest BCUT2D eigenvalue weighted by atomic mass is 10.1. The number of hydrogen-bond acceptors (Lipinski definition) is 3. The smallest absolute Gasteiger partial charge is 0.315 e. The van der Waals surface area contributed by atoms with E-state index in [4.69, 9.17) is 9.84 Å². The van der Waals surface area contributed by atoms with Crippen LogP contribution in [0.2, 0.25) is 0 Å². The Hall–Kier alpha value is -1.75. The number of methoxy groups -OCH3 is 1. The molecule has 3 N–H and O–H groups in total. The molecule has 5 nitrogen and oxygen atoms in total. The number of benzene rings is 1. The molecule has 1 atom stereocenters. The van der Waals surface area contributed by atoms with E-state index >= 15 is 0 Å². The lowest BCUT2D eigenvalue weighted by Crippen LogP contribution is -2.44. The number of aliphatic hydroxyl groups excluding tert-OH is 1. The molecule has 0 aromatic heterocycles. The lowest BCUT2D eigenvalue weighted by molar-refractivity contribution is 0.214. The number of hydrogen-bond donors (Lipinski definition) is 3. The molecular formula is C14H22N2O3. The SMILES string of the molecule is CCC(CO)NC(=O)NCCc1cccc(OC)c1. The third-order valence-electron chi connectivity index (χ3n) is 2.88. The van der Waals surface area contributed by atoms with E-state index in [1.165, 1.54) is 0 Å². The molecule has 106 valence electrons. The van der Waals surface area contributed by atoms with Gasteiger partial charge in [0.25, 0.3) is 0 Å². The highest BCUT2D eigenvalue weighted by molar-refractivity contribution is 5.74. The fourth-order valence-corrected chi connectivity index (χ4v) is 1.66. The first-order valence-corrected chi connectivity index (χ1v) is 6.47. The summed E-state index contributed by atoms with van der Waals surface area (Å²) >= 11 is 0. The van der Waals surface area contributed by atoms with Gasteiger partial charge < -0.3 is 20.5 Å². The predicted molar refractivity (Wildman–Crippen MR) is 74.4 cm³/mol. The van der Waals surface area contributed by atoms with Gasteiger partial charge in [0, 0.05) is 6.54 Å². The fourth-order valence-electron chi connectivity index (χ4n) is 1.66. The quantitative estimate of drug-likeness (QED) is 0.697. The van der Waals surface area contributed by atoms with Crippen LogP contribution in [-0.2, 0) is 6.42 Å². The van der Waals surface area contributed by atoms with Crippen molar-refractivity contribution in [2.24, 2.45) is 0 Å². The molecule has 1 aromatic rings. The van der Waals surface area contributed by atoms with Gasteiger partial charge in [-0.3, -0.25) is 0 Å². The van der Waals surface area contributed by atoms with Crippen LogP contribution in [0.15, 0.2) is 24.3 Å². The molecule has 1 aromatic carbocycles. The second-order valence-electron chi connectivity index (χ2n) is 4.29. The molecule has 5 heteroatoms. The molecule has 0 spiro atoms. The number of rotatable bonds is 7. The third kappa shape index (κ3) is 5.61. The highest BCUT2D eigenvalue weighted by Crippen LogP contribution is 2.12. The van der Waals surface area contributed by atoms with Crippen molar-refractivity contribution in [1.29, 1.82) is 0 Å². The second-order valence-corrected chi connectivity index (χ2v) is 4.29. The molecule has 19 heavy (non-hydrogen) atoms. The first kappa shape index (κ1) is 15.3. The average Bonchev–Trinajstić information content (AvgIpc) is 2.45. The van der Waals surface area contributed by atoms with Gasteiger partial charge in [0.05, 0.1) is 19.8 Å². The Balaban J connectivity index is 2.31. The summed E-state index contributed by atoms with van der Waals surface area (Å²) in [4.78, 5) is 11.5. The Labute approximate surface area is 114 Å². The van der Waals surface area contributed by atoms with Crippen LogP contribution in [0.3, 0.4) is 0 Å². The van der Waals surface area contributed by atoms with E-state index in [9.17, 15) is 4.79 Å². The van der Waals surface area contributed by atoms with Crippen LogP contribution in [0, 0.1) is 0 Å². The van der Waals surface area contributed by atoms with Crippen molar-refractivity contribution in [3.63, 3.8) is 0 Å². The minimum Gasteiger partial charge on any atom is -0.497 e. The van der Waals surface area contributed by atoms with Crippen molar-refractivity contribution in [1.82, 2.24) is 10.6 Å². The molecule has 0 aliphatic carbocycles. The van der Waals surface area contributed by atoms with Gasteiger partial charge in [-0.2, -0.15) is 0 Å². The molecule has 0 aliphatic rings. The van der Waals surface area contributed by atoms with Crippen molar-refractivity contribution in [2.45, 2.75) is 25.8 Å². The number of nitrogens with one attached hydrogen (secondary N) is 2. The van der Waals surface area contributed by atoms with Crippen LogP contribution in [0.4, 0.5) is 4.79 Å². The maximum Gasteiger partial charge on any atom is 0.315 e. The normalized spacial score (nSPS) is 11.7. The standard InChI is InChI=1S/C14H22N2O3/c1-3-12(10-17)16-14(18)15-8-7-11-5-4-6-13(9-11)19-2/h4-6,9,12,17H,3,7-8,10H2,1-2H3,(H2,15,16,18). The van der Waals surface area contributed by atoms with Gasteiger partial charge in [-0.15, -0.1) is 0 Å². The Morgan fingerprint density at radius 2 is 2.26 bits per heavy atom. The van der Waals surface area contributed by atoms with Gasteiger partial charge in [0.15, 0.2) is 0 Å². The van der Waals surface area contributed by atoms with Crippen LogP contribution in [-0.4, -0.2) is 37.4 Å². The number of carbonyl (C=O) groups is 1. The van der Waals surface area contributed by atoms with Crippen molar-refractivity contribution in [3.8, 4) is 5.75 Å². The maximum absolute atomic E-state index is 11.5. The number of carbonyl (C=O) groups excluding carboxylic acids is 1. The molecule has 0 heterocycles. The van der Waals surface area contributed by atoms with Crippen molar-refractivity contribution in [3.05, 3.63) is 29.8 Å². The van der Waals surface area contributed by atoms with Gasteiger partial charge in [-0.05, 0) is 30.5 Å². The van der Waals surface area contributed by atoms with E-state index < -0.39 is 0 Å². The van der Waals surface area contributed by atoms with E-state index in [-0.39, 0.29) is 18.7 Å². The highest BCUT2D eigenvalue weighted by Gasteiger charge is 2.07. The number of aliphatic hydroxyl groups is 1. The number of amides is 2. The Bertz CT molecular complexity index is 392. The van der Waals surface area contributed by atoms with Crippen molar-refractivity contribution < 1.29 is 14.6 Å². The summed E-state index contributed by atoms with van der Waals surface area (Å²) in [5, 5.41) is 14.4. The summed E-state index contributed by atoms with van der Waals surface area (Å²) in [6.45, 7) is 2.41. The highest BCUT2D eigenvalue weighted by atomic mass is 16.5. The first-order chi connectivity index (χ1) is 9.19. The zero-order chi connectivity index (χ0) is 14.1. The lowest BCUT2D eigenvalue weighted by Gasteiger charge is -2.14. The molecule has 0 saturated heterocycles. The van der Waals surface area contributed by atoms with Crippen molar-refractivity contribution in [2.75, 3.05) is 20.3 Å². The summed E-state index contributed by atoms with van der Waals surface area (Å²) in [5.74, 6) is 0.813. The van der Waals surface area contributed by atoms with Gasteiger partial charge in [-0.1, -0.05) is 19.1 Å². The van der Waals surface area contributed by atoms with E-state index in [2.05, 4.69) is 10.6 Å². The van der Waals surface area contributed by atoms with E-state index in [0.29, 0.717) is 13.0 Å². The Morgan fingerprint density at radius 1 is 1.47 bits per heavy atom. The van der Waals surface area contributed by atoms with E-state index in [1.807, 2.05) is 31.2 Å². The minimum atomic E-state index is -0.246. The maximum atomic E-state index is 11.5. The predicted octanol–water partition coefficient (Wildman–Crippen LogP) is 1.31. The zero-order valence-electron chi connectivity index (χ0n) is 11.5. The minimum absolute atomic E-state index is 0.0419. The van der Waals surface area contributed by atoms with E-state index in [1.54, 1.807) is 7.11 Å². The first-order valence-electron chi connectivity index (χ1n) is 6.47. The van der Waals surface area contributed by atoms with Gasteiger partial charge in [-0.25, -0.2) is 4.79 Å². The van der Waals surface area contributed by atoms with Crippen molar-refractivity contribution >= 4 is 6.03 Å². The third-order valence-corrected chi connectivity index (χ3v) is 2.88. The molecular weight excluding hydrogens is 244 g/mol. The monoisotopic (exact) mass is 266 g/mol. The van der Waals surface area contributed by atoms with Gasteiger partial charge >= 0.3 is 6.03 Å². The number of ether oxygens (including phenoxy) is 1. The van der Waals surface area contributed by atoms with Crippen LogP contribution in [0.1, 0.15) is 18.9 Å². The molecule has 0 fully saturated rings. The summed E-state index contributed by atoms with van der Waals surface area (Å²) in [5.41, 5.74) is 1.11. The summed E-state index contributed by atoms with van der Waals surface area (Å²) in [6, 6.07) is 7.32. The molecule has 0 saturated carbocycles. The summed E-state index contributed by atoms with van der Waals surface area (Å²) in [6.07, 6.45) is 1.44. The second kappa shape index (κ2) is 8.37. The topological polar surface area (TPSA) is 70.6 Å². The summed E-state index contributed by atoms with van der Waals surface area (Å²) < 4.78 is 5.14. The fraction of sp³-hybridized carbons (Fsp3) is 0.500. The van der Waals surface area contributed by atoms with E-state index in [0.717, 1.165) is 17.7 Å².